The summed E-state index contributed by atoms with van der Waals surface area (Å²) in [4.78, 5) is 17.6. The van der Waals surface area contributed by atoms with Crippen LogP contribution in [-0.4, -0.2) is 49.3 Å². The first-order valence-corrected chi connectivity index (χ1v) is 7.60. The van der Waals surface area contributed by atoms with E-state index in [0.29, 0.717) is 12.1 Å². The van der Waals surface area contributed by atoms with Gasteiger partial charge in [0.2, 0.25) is 0 Å². The minimum absolute atomic E-state index is 0.00111. The molecule has 2 heterocycles. The molecule has 5 nitrogen and oxygen atoms in total. The Morgan fingerprint density at radius 2 is 2.15 bits per heavy atom. The molecule has 0 radical (unpaired) electrons. The van der Waals surface area contributed by atoms with Gasteiger partial charge in [-0.15, -0.1) is 0 Å². The van der Waals surface area contributed by atoms with Crippen LogP contribution in [0.4, 0.5) is 0 Å². The number of carbonyl (C=O) groups excluding carboxylic acids is 1. The van der Waals surface area contributed by atoms with Crippen LogP contribution in [0.2, 0.25) is 0 Å². The maximum atomic E-state index is 12.1. The molecule has 1 amide bonds. The zero-order valence-corrected chi connectivity index (χ0v) is 13.5. The van der Waals surface area contributed by atoms with Crippen molar-refractivity contribution in [3.05, 3.63) is 28.5 Å². The summed E-state index contributed by atoms with van der Waals surface area (Å²) < 4.78 is 6.19. The zero-order chi connectivity index (χ0) is 14.6. The van der Waals surface area contributed by atoms with Crippen molar-refractivity contribution in [2.45, 2.75) is 19.4 Å². The zero-order valence-electron chi connectivity index (χ0n) is 11.9. The summed E-state index contributed by atoms with van der Waals surface area (Å²) in [6.07, 6.45) is 3.24. The van der Waals surface area contributed by atoms with E-state index in [1.807, 2.05) is 0 Å². The summed E-state index contributed by atoms with van der Waals surface area (Å²) in [7, 11) is 0. The number of rotatable bonds is 4. The number of pyridine rings is 1. The number of nitrogens with one attached hydrogen (secondary N) is 2. The van der Waals surface area contributed by atoms with Crippen molar-refractivity contribution in [1.82, 2.24) is 10.3 Å². The Balaban J connectivity index is 1.91. The first-order valence-electron chi connectivity index (χ1n) is 6.81. The molecular weight excluding hydrogens is 322 g/mol. The lowest BCUT2D eigenvalue weighted by atomic mass is 10.0. The largest absolute Gasteiger partial charge is 0.370 e. The second-order valence-corrected chi connectivity index (χ2v) is 6.59. The van der Waals surface area contributed by atoms with Gasteiger partial charge in [0.15, 0.2) is 0 Å². The number of amides is 1. The van der Waals surface area contributed by atoms with Crippen LogP contribution in [0.25, 0.3) is 0 Å². The van der Waals surface area contributed by atoms with Crippen LogP contribution in [0.5, 0.6) is 0 Å². The molecule has 1 saturated heterocycles. The molecule has 20 heavy (non-hydrogen) atoms. The van der Waals surface area contributed by atoms with Crippen LogP contribution in [0, 0.1) is 0 Å². The number of halogens is 1. The SMILES string of the molecule is CC(C)(CNC(=O)c1cncc(Br)c1)[NH+]1CCOCC1. The third-order valence-electron chi connectivity index (χ3n) is 3.71. The summed E-state index contributed by atoms with van der Waals surface area (Å²) in [5, 5.41) is 3.00. The number of carbonyl (C=O) groups is 1. The lowest BCUT2D eigenvalue weighted by molar-refractivity contribution is -0.954. The Hall–Kier alpha value is -0.980. The Labute approximate surface area is 127 Å². The predicted molar refractivity (Wildman–Crippen MR) is 79.9 cm³/mol. The molecule has 0 unspecified atom stereocenters. The van der Waals surface area contributed by atoms with E-state index in [9.17, 15) is 4.79 Å². The second kappa shape index (κ2) is 6.65. The molecule has 2 rings (SSSR count). The van der Waals surface area contributed by atoms with E-state index in [1.165, 1.54) is 4.90 Å². The van der Waals surface area contributed by atoms with Crippen molar-refractivity contribution >= 4 is 21.8 Å². The van der Waals surface area contributed by atoms with Crippen LogP contribution in [0.15, 0.2) is 22.9 Å². The van der Waals surface area contributed by atoms with E-state index in [4.69, 9.17) is 4.74 Å². The summed E-state index contributed by atoms with van der Waals surface area (Å²) in [5.74, 6) is -0.0838. The average molecular weight is 343 g/mol. The molecule has 110 valence electrons. The maximum Gasteiger partial charge on any atom is 0.253 e. The number of nitrogens with zero attached hydrogens (tertiary/aromatic N) is 1. The van der Waals surface area contributed by atoms with Crippen LogP contribution >= 0.6 is 15.9 Å². The highest BCUT2D eigenvalue weighted by Gasteiger charge is 2.32. The van der Waals surface area contributed by atoms with Crippen molar-refractivity contribution in [2.75, 3.05) is 32.8 Å². The first kappa shape index (κ1) is 15.4. The Morgan fingerprint density at radius 3 is 2.80 bits per heavy atom. The number of hydrogen-bond acceptors (Lipinski definition) is 3. The van der Waals surface area contributed by atoms with E-state index < -0.39 is 0 Å². The third-order valence-corrected chi connectivity index (χ3v) is 4.15. The van der Waals surface area contributed by atoms with Gasteiger partial charge in [-0.1, -0.05) is 0 Å². The van der Waals surface area contributed by atoms with Crippen LogP contribution in [0.3, 0.4) is 0 Å². The van der Waals surface area contributed by atoms with E-state index in [1.54, 1.807) is 18.5 Å². The molecule has 6 heteroatoms. The fourth-order valence-corrected chi connectivity index (χ4v) is 2.72. The molecule has 1 fully saturated rings. The van der Waals surface area contributed by atoms with Crippen molar-refractivity contribution in [1.29, 1.82) is 0 Å². The van der Waals surface area contributed by atoms with Gasteiger partial charge >= 0.3 is 0 Å². The van der Waals surface area contributed by atoms with Gasteiger partial charge in [-0.25, -0.2) is 0 Å². The van der Waals surface area contributed by atoms with Gasteiger partial charge in [0.05, 0.1) is 25.3 Å². The maximum absolute atomic E-state index is 12.1. The molecule has 0 bridgehead atoms. The lowest BCUT2D eigenvalue weighted by Crippen LogP contribution is -3.22. The molecule has 1 aliphatic rings. The molecule has 0 saturated carbocycles. The van der Waals surface area contributed by atoms with E-state index in [2.05, 4.69) is 40.1 Å². The molecule has 0 aliphatic carbocycles. The smallest absolute Gasteiger partial charge is 0.253 e. The Bertz CT molecular complexity index is 473. The molecule has 0 aromatic carbocycles. The van der Waals surface area contributed by atoms with Gasteiger partial charge in [0, 0.05) is 16.9 Å². The molecule has 1 aromatic heterocycles. The van der Waals surface area contributed by atoms with Crippen molar-refractivity contribution in [3.8, 4) is 0 Å². The van der Waals surface area contributed by atoms with E-state index >= 15 is 0 Å². The van der Waals surface area contributed by atoms with Gasteiger partial charge in [-0.2, -0.15) is 0 Å². The highest BCUT2D eigenvalue weighted by atomic mass is 79.9. The molecule has 0 spiro atoms. The van der Waals surface area contributed by atoms with Gasteiger partial charge in [-0.05, 0) is 35.8 Å². The number of morpholine rings is 1. The summed E-state index contributed by atoms with van der Waals surface area (Å²) in [5.41, 5.74) is 0.575. The molecule has 2 N–H and O–H groups in total. The minimum atomic E-state index is -0.0838. The highest BCUT2D eigenvalue weighted by molar-refractivity contribution is 9.10. The van der Waals surface area contributed by atoms with Gasteiger partial charge < -0.3 is 15.0 Å². The van der Waals surface area contributed by atoms with Gasteiger partial charge in [-0.3, -0.25) is 9.78 Å². The van der Waals surface area contributed by atoms with Crippen molar-refractivity contribution < 1.29 is 14.4 Å². The number of ether oxygens (including phenoxy) is 1. The Kier molecular flexibility index (Phi) is 5.12. The topological polar surface area (TPSA) is 55.7 Å². The molecule has 1 aromatic rings. The monoisotopic (exact) mass is 342 g/mol. The fraction of sp³-hybridized carbons (Fsp3) is 0.571. The second-order valence-electron chi connectivity index (χ2n) is 5.67. The molecular formula is C14H21BrN3O2+. The van der Waals surface area contributed by atoms with E-state index in [-0.39, 0.29) is 11.4 Å². The van der Waals surface area contributed by atoms with Crippen LogP contribution < -0.4 is 10.2 Å². The number of aromatic nitrogens is 1. The van der Waals surface area contributed by atoms with Gasteiger partial charge in [0.1, 0.15) is 18.6 Å². The van der Waals surface area contributed by atoms with Gasteiger partial charge in [0.25, 0.3) is 5.91 Å². The fourth-order valence-electron chi connectivity index (χ4n) is 2.36. The lowest BCUT2D eigenvalue weighted by Gasteiger charge is -2.37. The van der Waals surface area contributed by atoms with Crippen LogP contribution in [-0.2, 0) is 4.74 Å². The summed E-state index contributed by atoms with van der Waals surface area (Å²) in [6.45, 7) is 8.54. The summed E-state index contributed by atoms with van der Waals surface area (Å²) >= 11 is 3.32. The quantitative estimate of drug-likeness (QED) is 0.825. The van der Waals surface area contributed by atoms with Crippen LogP contribution in [0.1, 0.15) is 24.2 Å². The molecule has 0 atom stereocenters. The minimum Gasteiger partial charge on any atom is -0.370 e. The van der Waals surface area contributed by atoms with Crippen molar-refractivity contribution in [3.63, 3.8) is 0 Å². The number of quaternary nitrogens is 1. The summed E-state index contributed by atoms with van der Waals surface area (Å²) in [6, 6.07) is 1.77. The first-order chi connectivity index (χ1) is 9.49. The highest BCUT2D eigenvalue weighted by Crippen LogP contribution is 2.09. The molecule has 1 aliphatic heterocycles. The van der Waals surface area contributed by atoms with Crippen molar-refractivity contribution in [2.24, 2.45) is 0 Å². The standard InChI is InChI=1S/C14H20BrN3O2/c1-14(2,18-3-5-20-6-4-18)10-17-13(19)11-7-12(15)9-16-8-11/h7-9H,3-6,10H2,1-2H3,(H,17,19)/p+1. The average Bonchev–Trinajstić information content (AvgIpc) is 2.46. The predicted octanol–water partition coefficient (Wildman–Crippen LogP) is 0.268. The normalized spacial score (nSPS) is 16.9. The third kappa shape index (κ3) is 4.01. The number of hydrogen-bond donors (Lipinski definition) is 2. The van der Waals surface area contributed by atoms with E-state index in [0.717, 1.165) is 30.8 Å². The Morgan fingerprint density at radius 1 is 1.45 bits per heavy atom.